The van der Waals surface area contributed by atoms with E-state index in [-0.39, 0.29) is 0 Å². The molecule has 1 aromatic carbocycles. The van der Waals surface area contributed by atoms with Crippen LogP contribution >= 0.6 is 12.2 Å². The van der Waals surface area contributed by atoms with E-state index in [1.54, 1.807) is 19.1 Å². The maximum absolute atomic E-state index is 5.50. The van der Waals surface area contributed by atoms with E-state index in [0.29, 0.717) is 6.54 Å². The van der Waals surface area contributed by atoms with Crippen LogP contribution in [0.3, 0.4) is 0 Å². The molecule has 0 radical (unpaired) electrons. The fourth-order valence-electron chi connectivity index (χ4n) is 2.89. The van der Waals surface area contributed by atoms with Crippen molar-refractivity contribution in [2.75, 3.05) is 60.7 Å². The summed E-state index contributed by atoms with van der Waals surface area (Å²) < 4.78 is 16.1. The molecule has 0 atom stereocenters. The van der Waals surface area contributed by atoms with Crippen LogP contribution in [-0.2, 0) is 11.3 Å². The van der Waals surface area contributed by atoms with E-state index in [4.69, 9.17) is 26.4 Å². The molecule has 7 heteroatoms. The number of methoxy groups -OCH3 is 2. The molecule has 1 aromatic rings. The van der Waals surface area contributed by atoms with Gasteiger partial charge in [-0.3, -0.25) is 0 Å². The maximum Gasteiger partial charge on any atom is 0.168 e. The first-order chi connectivity index (χ1) is 12.1. The second-order valence-corrected chi connectivity index (χ2v) is 6.62. The molecule has 2 N–H and O–H groups in total. The fourth-order valence-corrected chi connectivity index (χ4v) is 3.06. The van der Waals surface area contributed by atoms with Gasteiger partial charge >= 0.3 is 0 Å². The summed E-state index contributed by atoms with van der Waals surface area (Å²) in [6, 6.07) is 5.84. The maximum atomic E-state index is 5.50. The molecule has 0 unspecified atom stereocenters. The lowest BCUT2D eigenvalue weighted by Gasteiger charge is -2.25. The molecule has 0 spiro atoms. The Morgan fingerprint density at radius 1 is 1.28 bits per heavy atom. The van der Waals surface area contributed by atoms with E-state index in [1.165, 1.54) is 0 Å². The minimum atomic E-state index is 0.688. The van der Waals surface area contributed by atoms with E-state index in [2.05, 4.69) is 5.32 Å². The van der Waals surface area contributed by atoms with Crippen molar-refractivity contribution >= 4 is 17.3 Å². The van der Waals surface area contributed by atoms with E-state index in [1.807, 2.05) is 30.1 Å². The summed E-state index contributed by atoms with van der Waals surface area (Å²) in [6.07, 6.45) is 1.11. The molecule has 1 aliphatic heterocycles. The van der Waals surface area contributed by atoms with Crippen LogP contribution in [0.4, 0.5) is 0 Å². The molecule has 2 rings (SSSR count). The lowest BCUT2D eigenvalue weighted by Crippen LogP contribution is -3.14. The Labute approximate surface area is 156 Å². The highest BCUT2D eigenvalue weighted by Gasteiger charge is 2.13. The van der Waals surface area contributed by atoms with Crippen LogP contribution in [0.1, 0.15) is 12.0 Å². The molecule has 1 aliphatic rings. The van der Waals surface area contributed by atoms with E-state index in [0.717, 1.165) is 68.0 Å². The van der Waals surface area contributed by atoms with Crippen molar-refractivity contribution in [1.82, 2.24) is 10.2 Å². The van der Waals surface area contributed by atoms with Crippen molar-refractivity contribution in [3.8, 4) is 11.5 Å². The van der Waals surface area contributed by atoms with Gasteiger partial charge in [0.05, 0.1) is 34.0 Å². The van der Waals surface area contributed by atoms with Gasteiger partial charge in [0.15, 0.2) is 5.11 Å². The largest absolute Gasteiger partial charge is 0.497 e. The summed E-state index contributed by atoms with van der Waals surface area (Å²) >= 11 is 5.50. The first kappa shape index (κ1) is 19.8. The Bertz CT molecular complexity index is 550. The van der Waals surface area contributed by atoms with Gasteiger partial charge in [-0.1, -0.05) is 0 Å². The van der Waals surface area contributed by atoms with Gasteiger partial charge in [0, 0.05) is 38.2 Å². The number of quaternary nitrogens is 1. The average Bonchev–Trinajstić information content (AvgIpc) is 2.66. The van der Waals surface area contributed by atoms with Gasteiger partial charge in [-0.15, -0.1) is 0 Å². The normalized spacial score (nSPS) is 14.8. The van der Waals surface area contributed by atoms with Crippen LogP contribution in [0.25, 0.3) is 0 Å². The van der Waals surface area contributed by atoms with Crippen molar-refractivity contribution in [1.29, 1.82) is 0 Å². The quantitative estimate of drug-likeness (QED) is 0.509. The summed E-state index contributed by atoms with van der Waals surface area (Å²) in [7, 11) is 5.31. The zero-order valence-corrected chi connectivity index (χ0v) is 16.3. The van der Waals surface area contributed by atoms with Crippen LogP contribution in [0.2, 0.25) is 0 Å². The summed E-state index contributed by atoms with van der Waals surface area (Å²) in [6.45, 7) is 6.74. The van der Waals surface area contributed by atoms with Crippen LogP contribution in [-0.4, -0.2) is 70.7 Å². The van der Waals surface area contributed by atoms with Crippen molar-refractivity contribution in [3.05, 3.63) is 23.8 Å². The first-order valence-electron chi connectivity index (χ1n) is 8.75. The molecule has 0 aromatic heterocycles. The molecule has 1 fully saturated rings. The minimum Gasteiger partial charge on any atom is -0.497 e. The van der Waals surface area contributed by atoms with E-state index >= 15 is 0 Å². The molecular formula is C18H30N3O3S+. The van der Waals surface area contributed by atoms with Crippen molar-refractivity contribution in [2.45, 2.75) is 13.0 Å². The lowest BCUT2D eigenvalue weighted by molar-refractivity contribution is -0.908. The summed E-state index contributed by atoms with van der Waals surface area (Å²) in [5, 5.41) is 4.11. The molecule has 0 bridgehead atoms. The highest BCUT2D eigenvalue weighted by molar-refractivity contribution is 7.80. The second-order valence-electron chi connectivity index (χ2n) is 6.23. The van der Waals surface area contributed by atoms with Gasteiger partial charge in [-0.25, -0.2) is 0 Å². The van der Waals surface area contributed by atoms with E-state index < -0.39 is 0 Å². The Morgan fingerprint density at radius 2 is 2.04 bits per heavy atom. The third-order valence-corrected chi connectivity index (χ3v) is 4.89. The van der Waals surface area contributed by atoms with Gasteiger partial charge in [0.25, 0.3) is 0 Å². The number of thiocarbonyl (C=S) groups is 1. The van der Waals surface area contributed by atoms with Gasteiger partial charge < -0.3 is 29.3 Å². The number of nitrogens with one attached hydrogen (secondary N) is 2. The molecule has 6 nitrogen and oxygen atoms in total. The van der Waals surface area contributed by atoms with Crippen LogP contribution in [0, 0.1) is 0 Å². The SMILES string of the molecule is COc1ccc(CN(C)C(=S)NCCC[NH+]2CCOCC2)c(OC)c1. The number of hydrogen-bond donors (Lipinski definition) is 2. The molecular weight excluding hydrogens is 338 g/mol. The van der Waals surface area contributed by atoms with Crippen LogP contribution in [0.15, 0.2) is 18.2 Å². The van der Waals surface area contributed by atoms with Crippen molar-refractivity contribution in [3.63, 3.8) is 0 Å². The number of ether oxygens (including phenoxy) is 3. The Kier molecular flexibility index (Phi) is 8.24. The lowest BCUT2D eigenvalue weighted by atomic mass is 10.2. The number of morpholine rings is 1. The molecule has 0 saturated carbocycles. The summed E-state index contributed by atoms with van der Waals surface area (Å²) in [4.78, 5) is 3.65. The molecule has 25 heavy (non-hydrogen) atoms. The predicted molar refractivity (Wildman–Crippen MR) is 103 cm³/mol. The number of rotatable bonds is 8. The Balaban J connectivity index is 1.74. The molecule has 1 heterocycles. The van der Waals surface area contributed by atoms with Crippen molar-refractivity contribution < 1.29 is 19.1 Å². The summed E-state index contributed by atoms with van der Waals surface area (Å²) in [5.74, 6) is 1.60. The van der Waals surface area contributed by atoms with Crippen LogP contribution in [0.5, 0.6) is 11.5 Å². The monoisotopic (exact) mass is 368 g/mol. The second kappa shape index (κ2) is 10.4. The molecule has 1 saturated heterocycles. The number of nitrogens with zero attached hydrogens (tertiary/aromatic N) is 1. The van der Waals surface area contributed by atoms with Gasteiger partial charge in [0.2, 0.25) is 0 Å². The van der Waals surface area contributed by atoms with Gasteiger partial charge in [-0.05, 0) is 24.4 Å². The topological polar surface area (TPSA) is 47.4 Å². The fraction of sp³-hybridized carbons (Fsp3) is 0.611. The van der Waals surface area contributed by atoms with Gasteiger partial charge in [0.1, 0.15) is 24.6 Å². The zero-order chi connectivity index (χ0) is 18.1. The average molecular weight is 369 g/mol. The van der Waals surface area contributed by atoms with Crippen molar-refractivity contribution in [2.24, 2.45) is 0 Å². The highest BCUT2D eigenvalue weighted by atomic mass is 32.1. The zero-order valence-electron chi connectivity index (χ0n) is 15.5. The third kappa shape index (κ3) is 6.34. The number of hydrogen-bond acceptors (Lipinski definition) is 4. The Morgan fingerprint density at radius 3 is 2.72 bits per heavy atom. The van der Waals surface area contributed by atoms with Crippen LogP contribution < -0.4 is 19.7 Å². The first-order valence-corrected chi connectivity index (χ1v) is 9.16. The summed E-state index contributed by atoms with van der Waals surface area (Å²) in [5.41, 5.74) is 1.08. The number of benzene rings is 1. The molecule has 0 amide bonds. The third-order valence-electron chi connectivity index (χ3n) is 4.43. The standard InChI is InChI=1S/C18H29N3O3S/c1-20(14-15-5-6-16(22-2)13-17(15)23-3)18(25)19-7-4-8-21-9-11-24-12-10-21/h5-6,13H,4,7-12,14H2,1-3H3,(H,19,25)/p+1. The van der Waals surface area contributed by atoms with Gasteiger partial charge in [-0.2, -0.15) is 0 Å². The Hall–Kier alpha value is -1.57. The highest BCUT2D eigenvalue weighted by Crippen LogP contribution is 2.25. The smallest absolute Gasteiger partial charge is 0.168 e. The minimum absolute atomic E-state index is 0.688. The van der Waals surface area contributed by atoms with E-state index in [9.17, 15) is 0 Å². The molecule has 0 aliphatic carbocycles. The molecule has 140 valence electrons. The predicted octanol–water partition coefficient (Wildman–Crippen LogP) is 0.315.